The number of nitrogens with zero attached hydrogens (tertiary/aromatic N) is 2. The van der Waals surface area contributed by atoms with Crippen LogP contribution in [0.25, 0.3) is 0 Å². The molecule has 0 aliphatic rings. The molecule has 0 radical (unpaired) electrons. The molecule has 128 valence electrons. The molecule has 2 aromatic rings. The smallest absolute Gasteiger partial charge is 0.224 e. The van der Waals surface area contributed by atoms with E-state index in [0.29, 0.717) is 13.0 Å². The van der Waals surface area contributed by atoms with E-state index in [-0.39, 0.29) is 36.8 Å². The molecule has 0 saturated carbocycles. The highest BCUT2D eigenvalue weighted by Gasteiger charge is 2.16. The van der Waals surface area contributed by atoms with Crippen LogP contribution in [-0.4, -0.2) is 22.8 Å². The van der Waals surface area contributed by atoms with Crippen LogP contribution in [0.3, 0.4) is 0 Å². The third kappa shape index (κ3) is 6.47. The molecule has 23 heavy (non-hydrogen) atoms. The van der Waals surface area contributed by atoms with Gasteiger partial charge in [-0.05, 0) is 12.0 Å². The van der Waals surface area contributed by atoms with Crippen molar-refractivity contribution in [2.75, 3.05) is 7.05 Å². The molecule has 1 aromatic carbocycles. The molecule has 2 N–H and O–H groups in total. The summed E-state index contributed by atoms with van der Waals surface area (Å²) >= 11 is 1.66. The largest absolute Gasteiger partial charge is 0.339 e. The van der Waals surface area contributed by atoms with Crippen molar-refractivity contribution in [2.45, 2.75) is 32.4 Å². The molecule has 2 rings (SSSR count). The van der Waals surface area contributed by atoms with Crippen molar-refractivity contribution in [1.29, 1.82) is 0 Å². The minimum Gasteiger partial charge on any atom is -0.339 e. The Labute approximate surface area is 153 Å². The number of hydrogen-bond acceptors (Lipinski definition) is 4. The SMILES string of the molecule is CCc1cnc(CN(C)C(=O)CC(N)c2ccccc2)s1.Cl.Cl. The lowest BCUT2D eigenvalue weighted by molar-refractivity contribution is -0.130. The van der Waals surface area contributed by atoms with Crippen molar-refractivity contribution >= 4 is 42.1 Å². The summed E-state index contributed by atoms with van der Waals surface area (Å²) in [4.78, 5) is 19.5. The van der Waals surface area contributed by atoms with Crippen LogP contribution in [-0.2, 0) is 17.8 Å². The molecule has 1 aromatic heterocycles. The number of carbonyl (C=O) groups is 1. The number of halogens is 2. The second-order valence-corrected chi connectivity index (χ2v) is 6.24. The number of aromatic nitrogens is 1. The van der Waals surface area contributed by atoms with E-state index in [2.05, 4.69) is 11.9 Å². The molecule has 4 nitrogen and oxygen atoms in total. The van der Waals surface area contributed by atoms with E-state index in [1.807, 2.05) is 36.5 Å². The Morgan fingerprint density at radius 2 is 1.96 bits per heavy atom. The van der Waals surface area contributed by atoms with Gasteiger partial charge in [-0.15, -0.1) is 36.2 Å². The second kappa shape index (κ2) is 10.6. The Morgan fingerprint density at radius 3 is 2.52 bits per heavy atom. The van der Waals surface area contributed by atoms with Gasteiger partial charge in [-0.1, -0.05) is 37.3 Å². The van der Waals surface area contributed by atoms with Crippen molar-refractivity contribution in [2.24, 2.45) is 5.73 Å². The Hall–Kier alpha value is -1.14. The van der Waals surface area contributed by atoms with Crippen LogP contribution >= 0.6 is 36.2 Å². The zero-order chi connectivity index (χ0) is 15.2. The standard InChI is InChI=1S/C16H21N3OS.2ClH/c1-3-13-10-18-15(21-13)11-19(2)16(20)9-14(17)12-7-5-4-6-8-12;;/h4-8,10,14H,3,9,11,17H2,1-2H3;2*1H. The molecule has 1 atom stereocenters. The van der Waals surface area contributed by atoms with Crippen LogP contribution in [0.15, 0.2) is 36.5 Å². The molecule has 1 amide bonds. The number of rotatable bonds is 6. The van der Waals surface area contributed by atoms with Gasteiger partial charge in [0.1, 0.15) is 5.01 Å². The normalized spacial score (nSPS) is 11.1. The summed E-state index contributed by atoms with van der Waals surface area (Å²) in [5.41, 5.74) is 7.08. The van der Waals surface area contributed by atoms with E-state index in [9.17, 15) is 4.79 Å². The predicted molar refractivity (Wildman–Crippen MR) is 100 cm³/mol. The number of carbonyl (C=O) groups excluding carboxylic acids is 1. The minimum absolute atomic E-state index is 0. The van der Waals surface area contributed by atoms with Crippen molar-refractivity contribution in [3.8, 4) is 0 Å². The lowest BCUT2D eigenvalue weighted by Gasteiger charge is -2.18. The lowest BCUT2D eigenvalue weighted by Crippen LogP contribution is -2.29. The van der Waals surface area contributed by atoms with E-state index in [1.165, 1.54) is 4.88 Å². The molecular formula is C16H23Cl2N3OS. The second-order valence-electron chi connectivity index (χ2n) is 5.04. The fraction of sp³-hybridized carbons (Fsp3) is 0.375. The first kappa shape index (κ1) is 21.9. The molecule has 7 heteroatoms. The monoisotopic (exact) mass is 375 g/mol. The van der Waals surface area contributed by atoms with E-state index in [0.717, 1.165) is 17.0 Å². The molecule has 0 saturated heterocycles. The first-order valence-electron chi connectivity index (χ1n) is 7.08. The van der Waals surface area contributed by atoms with E-state index >= 15 is 0 Å². The van der Waals surface area contributed by atoms with Gasteiger partial charge in [0.15, 0.2) is 0 Å². The topological polar surface area (TPSA) is 59.2 Å². The summed E-state index contributed by atoms with van der Waals surface area (Å²) in [5, 5.41) is 0.969. The third-order valence-corrected chi connectivity index (χ3v) is 4.50. The molecular weight excluding hydrogens is 353 g/mol. The van der Waals surface area contributed by atoms with Crippen LogP contribution in [0.4, 0.5) is 0 Å². The summed E-state index contributed by atoms with van der Waals surface area (Å²) in [7, 11) is 1.80. The van der Waals surface area contributed by atoms with Crippen LogP contribution in [0, 0.1) is 0 Å². The Balaban J connectivity index is 0.00000242. The summed E-state index contributed by atoms with van der Waals surface area (Å²) in [6.45, 7) is 2.65. The van der Waals surface area contributed by atoms with Crippen LogP contribution in [0.5, 0.6) is 0 Å². The van der Waals surface area contributed by atoms with Crippen LogP contribution in [0.1, 0.15) is 34.8 Å². The molecule has 0 aliphatic heterocycles. The Bertz CT molecular complexity index is 592. The fourth-order valence-electron chi connectivity index (χ4n) is 2.04. The number of thiazole rings is 1. The molecule has 0 spiro atoms. The van der Waals surface area contributed by atoms with E-state index < -0.39 is 0 Å². The van der Waals surface area contributed by atoms with Crippen LogP contribution in [0.2, 0.25) is 0 Å². The molecule has 1 heterocycles. The maximum atomic E-state index is 12.2. The van der Waals surface area contributed by atoms with E-state index in [1.54, 1.807) is 23.3 Å². The summed E-state index contributed by atoms with van der Waals surface area (Å²) in [5.74, 6) is 0.0413. The van der Waals surface area contributed by atoms with Gasteiger partial charge in [0.25, 0.3) is 0 Å². The average molecular weight is 376 g/mol. The first-order valence-corrected chi connectivity index (χ1v) is 7.90. The third-order valence-electron chi connectivity index (χ3n) is 3.37. The number of hydrogen-bond donors (Lipinski definition) is 1. The van der Waals surface area contributed by atoms with Gasteiger partial charge in [0, 0.05) is 30.6 Å². The number of amides is 1. The number of aryl methyl sites for hydroxylation is 1. The van der Waals surface area contributed by atoms with Gasteiger partial charge in [-0.3, -0.25) is 4.79 Å². The lowest BCUT2D eigenvalue weighted by atomic mass is 10.0. The summed E-state index contributed by atoms with van der Waals surface area (Å²) in [6, 6.07) is 9.45. The Morgan fingerprint density at radius 1 is 1.30 bits per heavy atom. The summed E-state index contributed by atoms with van der Waals surface area (Å²) < 4.78 is 0. The zero-order valence-corrected chi connectivity index (χ0v) is 15.7. The quantitative estimate of drug-likeness (QED) is 0.838. The molecule has 1 unspecified atom stereocenters. The number of benzene rings is 1. The molecule has 0 aliphatic carbocycles. The summed E-state index contributed by atoms with van der Waals surface area (Å²) in [6.07, 6.45) is 3.18. The van der Waals surface area contributed by atoms with Gasteiger partial charge < -0.3 is 10.6 Å². The highest BCUT2D eigenvalue weighted by atomic mass is 35.5. The van der Waals surface area contributed by atoms with Gasteiger partial charge in [-0.2, -0.15) is 0 Å². The average Bonchev–Trinajstić information content (AvgIpc) is 2.95. The van der Waals surface area contributed by atoms with E-state index in [4.69, 9.17) is 5.73 Å². The van der Waals surface area contributed by atoms with Crippen LogP contribution < -0.4 is 5.73 Å². The highest BCUT2D eigenvalue weighted by Crippen LogP contribution is 2.17. The van der Waals surface area contributed by atoms with Crippen molar-refractivity contribution in [3.05, 3.63) is 52.0 Å². The Kier molecular flexibility index (Phi) is 10.1. The van der Waals surface area contributed by atoms with Gasteiger partial charge in [0.2, 0.25) is 5.91 Å². The van der Waals surface area contributed by atoms with Crippen molar-refractivity contribution in [1.82, 2.24) is 9.88 Å². The molecule has 0 fully saturated rings. The number of nitrogens with two attached hydrogens (primary N) is 1. The maximum absolute atomic E-state index is 12.2. The minimum atomic E-state index is -0.261. The predicted octanol–water partition coefficient (Wildman–Crippen LogP) is 3.60. The first-order chi connectivity index (χ1) is 10.1. The van der Waals surface area contributed by atoms with Gasteiger partial charge >= 0.3 is 0 Å². The van der Waals surface area contributed by atoms with Gasteiger partial charge in [0.05, 0.1) is 6.54 Å². The highest BCUT2D eigenvalue weighted by molar-refractivity contribution is 7.11. The van der Waals surface area contributed by atoms with Crippen molar-refractivity contribution < 1.29 is 4.79 Å². The zero-order valence-electron chi connectivity index (χ0n) is 13.3. The maximum Gasteiger partial charge on any atom is 0.224 e. The molecule has 0 bridgehead atoms. The van der Waals surface area contributed by atoms with Gasteiger partial charge in [-0.25, -0.2) is 4.98 Å². The van der Waals surface area contributed by atoms with Crippen molar-refractivity contribution in [3.63, 3.8) is 0 Å². The fourth-order valence-corrected chi connectivity index (χ4v) is 2.95.